The first-order chi connectivity index (χ1) is 8.75. The van der Waals surface area contributed by atoms with Crippen LogP contribution < -0.4 is 0 Å². The number of hydrogen-bond acceptors (Lipinski definition) is 3. The molecule has 4 nitrogen and oxygen atoms in total. The van der Waals surface area contributed by atoms with Crippen molar-refractivity contribution in [3.8, 4) is 0 Å². The quantitative estimate of drug-likeness (QED) is 0.785. The predicted octanol–water partition coefficient (Wildman–Crippen LogP) is 1.76. The Kier molecular flexibility index (Phi) is 2.99. The van der Waals surface area contributed by atoms with Crippen LogP contribution in [0.25, 0.3) is 11.0 Å². The molecule has 1 aliphatic rings. The van der Waals surface area contributed by atoms with Crippen LogP contribution in [-0.4, -0.2) is 45.0 Å². The normalized spacial score (nSPS) is 16.2. The van der Waals surface area contributed by atoms with E-state index in [1.165, 1.54) is 0 Å². The minimum Gasteiger partial charge on any atom is -0.337 e. The maximum atomic E-state index is 12.3. The van der Waals surface area contributed by atoms with Crippen molar-refractivity contribution in [3.05, 3.63) is 30.1 Å². The van der Waals surface area contributed by atoms with Crippen LogP contribution in [0.2, 0.25) is 0 Å². The summed E-state index contributed by atoms with van der Waals surface area (Å²) in [6, 6.07) is 5.75. The third-order valence-corrected chi connectivity index (χ3v) is 4.21. The van der Waals surface area contributed by atoms with Crippen molar-refractivity contribution in [2.24, 2.45) is 7.05 Å². The molecule has 0 bridgehead atoms. The lowest BCUT2D eigenvalue weighted by Gasteiger charge is -2.26. The van der Waals surface area contributed by atoms with E-state index in [0.29, 0.717) is 0 Å². The molecule has 1 aromatic heterocycles. The number of imidazole rings is 1. The molecule has 0 spiro atoms. The fraction of sp³-hybridized carbons (Fsp3) is 0.385. The summed E-state index contributed by atoms with van der Waals surface area (Å²) in [6.07, 6.45) is 1.77. The van der Waals surface area contributed by atoms with Gasteiger partial charge in [-0.3, -0.25) is 4.79 Å². The lowest BCUT2D eigenvalue weighted by molar-refractivity contribution is 0.0772. The third-order valence-electron chi connectivity index (χ3n) is 3.27. The number of aryl methyl sites for hydroxylation is 1. The Morgan fingerprint density at radius 2 is 2.11 bits per heavy atom. The highest BCUT2D eigenvalue weighted by molar-refractivity contribution is 7.99. The molecule has 0 saturated carbocycles. The monoisotopic (exact) mass is 261 g/mol. The summed E-state index contributed by atoms with van der Waals surface area (Å²) in [5.41, 5.74) is 2.68. The van der Waals surface area contributed by atoms with Gasteiger partial charge in [0.15, 0.2) is 0 Å². The molecule has 2 aromatic rings. The minimum atomic E-state index is 0.128. The molecule has 0 aliphatic carbocycles. The van der Waals surface area contributed by atoms with Gasteiger partial charge >= 0.3 is 0 Å². The topological polar surface area (TPSA) is 38.1 Å². The van der Waals surface area contributed by atoms with Crippen molar-refractivity contribution in [2.75, 3.05) is 24.6 Å². The lowest BCUT2D eigenvalue weighted by Crippen LogP contribution is -2.37. The van der Waals surface area contributed by atoms with E-state index in [4.69, 9.17) is 0 Å². The van der Waals surface area contributed by atoms with E-state index in [2.05, 4.69) is 4.98 Å². The second kappa shape index (κ2) is 4.65. The van der Waals surface area contributed by atoms with Crippen LogP contribution in [0.3, 0.4) is 0 Å². The van der Waals surface area contributed by atoms with E-state index in [1.807, 2.05) is 46.5 Å². The SMILES string of the molecule is Cn1cnc2cc(C(=O)N3CCSCC3)ccc21. The first-order valence-corrected chi connectivity index (χ1v) is 7.19. The third kappa shape index (κ3) is 1.99. The fourth-order valence-corrected chi connectivity index (χ4v) is 3.12. The van der Waals surface area contributed by atoms with Crippen LogP contribution in [-0.2, 0) is 7.05 Å². The van der Waals surface area contributed by atoms with Gasteiger partial charge in [0.1, 0.15) is 0 Å². The molecule has 1 amide bonds. The number of benzene rings is 1. The van der Waals surface area contributed by atoms with Crippen LogP contribution in [0.5, 0.6) is 0 Å². The molecule has 1 fully saturated rings. The highest BCUT2D eigenvalue weighted by Crippen LogP contribution is 2.17. The summed E-state index contributed by atoms with van der Waals surface area (Å²) >= 11 is 1.91. The number of thioether (sulfide) groups is 1. The average Bonchev–Trinajstić information content (AvgIpc) is 2.80. The van der Waals surface area contributed by atoms with E-state index in [0.717, 1.165) is 41.2 Å². The minimum absolute atomic E-state index is 0.128. The Labute approximate surface area is 110 Å². The highest BCUT2D eigenvalue weighted by Gasteiger charge is 2.18. The Hall–Kier alpha value is -1.49. The van der Waals surface area contributed by atoms with Crippen molar-refractivity contribution in [1.29, 1.82) is 0 Å². The second-order valence-corrected chi connectivity index (χ2v) is 5.69. The molecular weight excluding hydrogens is 246 g/mol. The molecule has 0 atom stereocenters. The van der Waals surface area contributed by atoms with E-state index in [9.17, 15) is 4.79 Å². The van der Waals surface area contributed by atoms with Gasteiger partial charge in [-0.05, 0) is 18.2 Å². The van der Waals surface area contributed by atoms with Crippen molar-refractivity contribution in [3.63, 3.8) is 0 Å². The summed E-state index contributed by atoms with van der Waals surface area (Å²) in [5.74, 6) is 2.21. The number of carbonyl (C=O) groups excluding carboxylic acids is 1. The van der Waals surface area contributed by atoms with Crippen molar-refractivity contribution >= 4 is 28.7 Å². The maximum absolute atomic E-state index is 12.3. The van der Waals surface area contributed by atoms with Crippen LogP contribution in [0.15, 0.2) is 24.5 Å². The zero-order chi connectivity index (χ0) is 12.5. The summed E-state index contributed by atoms with van der Waals surface area (Å²) < 4.78 is 1.96. The summed E-state index contributed by atoms with van der Waals surface area (Å²) in [5, 5.41) is 0. The first kappa shape index (κ1) is 11.6. The van der Waals surface area contributed by atoms with Gasteiger partial charge in [0, 0.05) is 37.2 Å². The van der Waals surface area contributed by atoms with Crippen LogP contribution in [0.1, 0.15) is 10.4 Å². The molecular formula is C13H15N3OS. The van der Waals surface area contributed by atoms with Gasteiger partial charge in [0.25, 0.3) is 5.91 Å². The van der Waals surface area contributed by atoms with E-state index in [1.54, 1.807) is 6.33 Å². The molecule has 0 N–H and O–H groups in total. The Bertz CT molecular complexity index is 587. The zero-order valence-electron chi connectivity index (χ0n) is 10.3. The predicted molar refractivity (Wildman–Crippen MR) is 73.9 cm³/mol. The van der Waals surface area contributed by atoms with Crippen LogP contribution in [0, 0.1) is 0 Å². The summed E-state index contributed by atoms with van der Waals surface area (Å²) in [6.45, 7) is 1.70. The smallest absolute Gasteiger partial charge is 0.253 e. The van der Waals surface area contributed by atoms with Gasteiger partial charge in [-0.25, -0.2) is 4.98 Å². The molecule has 3 rings (SSSR count). The van der Waals surface area contributed by atoms with Gasteiger partial charge in [-0.15, -0.1) is 0 Å². The number of hydrogen-bond donors (Lipinski definition) is 0. The number of rotatable bonds is 1. The molecule has 1 aromatic carbocycles. The Balaban J connectivity index is 1.91. The molecule has 1 saturated heterocycles. The molecule has 2 heterocycles. The summed E-state index contributed by atoms with van der Waals surface area (Å²) in [4.78, 5) is 18.6. The largest absolute Gasteiger partial charge is 0.337 e. The molecule has 5 heteroatoms. The Morgan fingerprint density at radius 3 is 2.89 bits per heavy atom. The van der Waals surface area contributed by atoms with E-state index < -0.39 is 0 Å². The number of fused-ring (bicyclic) bond motifs is 1. The van der Waals surface area contributed by atoms with Gasteiger partial charge in [-0.1, -0.05) is 0 Å². The van der Waals surface area contributed by atoms with Crippen molar-refractivity contribution in [2.45, 2.75) is 0 Å². The van der Waals surface area contributed by atoms with E-state index >= 15 is 0 Å². The molecule has 1 aliphatic heterocycles. The molecule has 0 radical (unpaired) electrons. The molecule has 0 unspecified atom stereocenters. The van der Waals surface area contributed by atoms with E-state index in [-0.39, 0.29) is 5.91 Å². The van der Waals surface area contributed by atoms with Gasteiger partial charge < -0.3 is 9.47 Å². The zero-order valence-corrected chi connectivity index (χ0v) is 11.1. The first-order valence-electron chi connectivity index (χ1n) is 6.04. The van der Waals surface area contributed by atoms with Crippen LogP contribution in [0.4, 0.5) is 0 Å². The molecule has 94 valence electrons. The molecule has 18 heavy (non-hydrogen) atoms. The Morgan fingerprint density at radius 1 is 1.33 bits per heavy atom. The highest BCUT2D eigenvalue weighted by atomic mass is 32.2. The lowest BCUT2D eigenvalue weighted by atomic mass is 10.1. The fourth-order valence-electron chi connectivity index (χ4n) is 2.22. The van der Waals surface area contributed by atoms with Crippen LogP contribution >= 0.6 is 11.8 Å². The number of nitrogens with zero attached hydrogens (tertiary/aromatic N) is 3. The van der Waals surface area contributed by atoms with Gasteiger partial charge in [-0.2, -0.15) is 11.8 Å². The van der Waals surface area contributed by atoms with Crippen molar-refractivity contribution < 1.29 is 4.79 Å². The van der Waals surface area contributed by atoms with Gasteiger partial charge in [0.2, 0.25) is 0 Å². The maximum Gasteiger partial charge on any atom is 0.253 e. The van der Waals surface area contributed by atoms with Gasteiger partial charge in [0.05, 0.1) is 17.4 Å². The summed E-state index contributed by atoms with van der Waals surface area (Å²) in [7, 11) is 1.96. The number of amides is 1. The standard InChI is InChI=1S/C13H15N3OS/c1-15-9-14-11-8-10(2-3-12(11)15)13(17)16-4-6-18-7-5-16/h2-3,8-9H,4-7H2,1H3. The van der Waals surface area contributed by atoms with Crippen molar-refractivity contribution in [1.82, 2.24) is 14.5 Å². The number of carbonyl (C=O) groups is 1. The number of aromatic nitrogens is 2. The second-order valence-electron chi connectivity index (χ2n) is 4.46. The average molecular weight is 261 g/mol.